The molecule has 5 heterocycles. The van der Waals surface area contributed by atoms with Gasteiger partial charge in [0.25, 0.3) is 5.56 Å². The van der Waals surface area contributed by atoms with E-state index in [2.05, 4.69) is 19.9 Å². The molecule has 162 valence electrons. The van der Waals surface area contributed by atoms with Crippen LogP contribution in [0.3, 0.4) is 0 Å². The molecule has 8 nitrogen and oxygen atoms in total. The lowest BCUT2D eigenvalue weighted by Gasteiger charge is -2.27. The number of nitrogens with one attached hydrogen (secondary N) is 1. The second-order valence-corrected chi connectivity index (χ2v) is 7.99. The zero-order valence-electron chi connectivity index (χ0n) is 16.9. The van der Waals surface area contributed by atoms with Crippen LogP contribution in [0.25, 0.3) is 22.2 Å². The Morgan fingerprint density at radius 2 is 1.94 bits per heavy atom. The van der Waals surface area contributed by atoms with E-state index < -0.39 is 0 Å². The van der Waals surface area contributed by atoms with Crippen LogP contribution in [-0.2, 0) is 0 Å². The first kappa shape index (κ1) is 20.6. The van der Waals surface area contributed by atoms with Crippen molar-refractivity contribution in [2.45, 2.75) is 18.9 Å². The maximum absolute atomic E-state index is 13.5. The van der Waals surface area contributed by atoms with Crippen LogP contribution in [-0.4, -0.2) is 35.7 Å². The van der Waals surface area contributed by atoms with Gasteiger partial charge in [-0.15, -0.1) is 0 Å². The fourth-order valence-electron chi connectivity index (χ4n) is 4.46. The summed E-state index contributed by atoms with van der Waals surface area (Å²) in [5, 5.41) is 6.23. The molecule has 0 aliphatic carbocycles. The maximum Gasteiger partial charge on any atom is 0.282 e. The predicted octanol–water partition coefficient (Wildman–Crippen LogP) is 3.86. The van der Waals surface area contributed by atoms with Crippen LogP contribution in [0.5, 0.6) is 0 Å². The fraction of sp³-hybridized carbons (Fsp3) is 0.182. The number of halogens is 1. The van der Waals surface area contributed by atoms with Gasteiger partial charge in [0.15, 0.2) is 5.82 Å². The van der Waals surface area contributed by atoms with E-state index in [0.29, 0.717) is 22.0 Å². The molecule has 10 heteroatoms. The van der Waals surface area contributed by atoms with Crippen molar-refractivity contribution in [1.82, 2.24) is 29.1 Å². The summed E-state index contributed by atoms with van der Waals surface area (Å²) in [5.74, 6) is 1.43. The van der Waals surface area contributed by atoms with Gasteiger partial charge in [0.2, 0.25) is 0 Å². The van der Waals surface area contributed by atoms with E-state index in [1.807, 2.05) is 36.4 Å². The minimum atomic E-state index is -0.135. The lowest BCUT2D eigenvalue weighted by molar-refractivity contribution is 0.602. The monoisotopic (exact) mass is 465 g/mol. The summed E-state index contributed by atoms with van der Waals surface area (Å²) < 4.78 is 3.38. The minimum Gasteiger partial charge on any atom is -0.346 e. The molecule has 1 fully saturated rings. The Balaban J connectivity index is 0.00000216. The van der Waals surface area contributed by atoms with E-state index in [9.17, 15) is 4.79 Å². The molecule has 0 bridgehead atoms. The zero-order chi connectivity index (χ0) is 20.9. The molecule has 32 heavy (non-hydrogen) atoms. The lowest BCUT2D eigenvalue weighted by atomic mass is 10.2. The Kier molecular flexibility index (Phi) is 5.15. The average Bonchev–Trinajstić information content (AvgIpc) is 3.54. The first-order valence-electron chi connectivity index (χ1n) is 10.1. The number of aromatic amines is 1. The smallest absolute Gasteiger partial charge is 0.282 e. The highest BCUT2D eigenvalue weighted by molar-refractivity contribution is 7.59. The molecular weight excluding hydrogens is 446 g/mol. The van der Waals surface area contributed by atoms with Gasteiger partial charge in [0.1, 0.15) is 23.3 Å². The third-order valence-corrected chi connectivity index (χ3v) is 6.13. The van der Waals surface area contributed by atoms with Crippen LogP contribution >= 0.6 is 25.1 Å². The lowest BCUT2D eigenvalue weighted by Crippen LogP contribution is -2.33. The van der Waals surface area contributed by atoms with Crippen molar-refractivity contribution >= 4 is 47.5 Å². The molecule has 0 saturated carbocycles. The predicted molar refractivity (Wildman–Crippen MR) is 129 cm³/mol. The maximum atomic E-state index is 13.5. The normalized spacial score (nSPS) is 16.0. The van der Waals surface area contributed by atoms with E-state index in [4.69, 9.17) is 16.7 Å². The molecule has 5 aromatic rings. The van der Waals surface area contributed by atoms with Gasteiger partial charge in [-0.05, 0) is 37.1 Å². The van der Waals surface area contributed by atoms with Crippen LogP contribution in [0, 0.1) is 0 Å². The van der Waals surface area contributed by atoms with Crippen LogP contribution in [0.4, 0.5) is 5.82 Å². The number of anilines is 1. The Morgan fingerprint density at radius 3 is 2.78 bits per heavy atom. The molecule has 6 rings (SSSR count). The molecule has 1 aromatic carbocycles. The highest BCUT2D eigenvalue weighted by Crippen LogP contribution is 2.39. The molecular formula is C22H20ClN7OS. The Bertz CT molecular complexity index is 1480. The largest absolute Gasteiger partial charge is 0.346 e. The quantitative estimate of drug-likeness (QED) is 0.437. The summed E-state index contributed by atoms with van der Waals surface area (Å²) in [6, 6.07) is 13.1. The summed E-state index contributed by atoms with van der Waals surface area (Å²) in [4.78, 5) is 27.6. The number of fused-ring (bicyclic) bond motifs is 2. The number of hydrogen-bond donors (Lipinski definition) is 1. The van der Waals surface area contributed by atoms with Gasteiger partial charge in [-0.1, -0.05) is 29.8 Å². The SMILES string of the molecule is O=c1c2cccn2nc([C@@H]2CCCN2c2ncnc3[nH]cc(Cl)c23)n1-c1ccccc1.S. The number of rotatable bonds is 3. The Labute approximate surface area is 194 Å². The van der Waals surface area contributed by atoms with E-state index in [1.54, 1.807) is 27.5 Å². The van der Waals surface area contributed by atoms with Gasteiger partial charge in [0, 0.05) is 18.9 Å². The molecule has 0 spiro atoms. The minimum absolute atomic E-state index is 0. The Morgan fingerprint density at radius 1 is 1.09 bits per heavy atom. The van der Waals surface area contributed by atoms with Crippen molar-refractivity contribution in [2.75, 3.05) is 11.4 Å². The molecule has 1 saturated heterocycles. The van der Waals surface area contributed by atoms with Crippen molar-refractivity contribution in [2.24, 2.45) is 0 Å². The van der Waals surface area contributed by atoms with Gasteiger partial charge in [-0.3, -0.25) is 9.36 Å². The highest BCUT2D eigenvalue weighted by Gasteiger charge is 2.33. The van der Waals surface area contributed by atoms with Crippen molar-refractivity contribution < 1.29 is 0 Å². The van der Waals surface area contributed by atoms with E-state index in [0.717, 1.165) is 36.3 Å². The van der Waals surface area contributed by atoms with Crippen LogP contribution < -0.4 is 10.5 Å². The van der Waals surface area contributed by atoms with E-state index in [1.165, 1.54) is 6.33 Å². The highest BCUT2D eigenvalue weighted by atomic mass is 35.5. The molecule has 0 unspecified atom stereocenters. The number of benzene rings is 1. The zero-order valence-corrected chi connectivity index (χ0v) is 18.7. The number of nitrogens with zero attached hydrogens (tertiary/aromatic N) is 6. The van der Waals surface area contributed by atoms with Crippen LogP contribution in [0.1, 0.15) is 24.7 Å². The van der Waals surface area contributed by atoms with E-state index >= 15 is 0 Å². The molecule has 1 aliphatic rings. The summed E-state index contributed by atoms with van der Waals surface area (Å²) >= 11 is 6.45. The van der Waals surface area contributed by atoms with E-state index in [-0.39, 0.29) is 25.1 Å². The van der Waals surface area contributed by atoms with Crippen molar-refractivity contribution in [3.05, 3.63) is 82.4 Å². The fourth-order valence-corrected chi connectivity index (χ4v) is 4.69. The molecule has 0 radical (unpaired) electrons. The van der Waals surface area contributed by atoms with Gasteiger partial charge >= 0.3 is 0 Å². The first-order chi connectivity index (χ1) is 15.2. The summed E-state index contributed by atoms with van der Waals surface area (Å²) in [7, 11) is 0. The molecule has 1 atom stereocenters. The molecule has 0 amide bonds. The van der Waals surface area contributed by atoms with Crippen molar-refractivity contribution in [1.29, 1.82) is 0 Å². The number of para-hydroxylation sites is 1. The Hall–Kier alpha value is -3.30. The average molecular weight is 466 g/mol. The van der Waals surface area contributed by atoms with Gasteiger partial charge < -0.3 is 9.88 Å². The number of aromatic nitrogens is 6. The van der Waals surface area contributed by atoms with Gasteiger partial charge in [0.05, 0.1) is 22.1 Å². The van der Waals surface area contributed by atoms with Gasteiger partial charge in [-0.2, -0.15) is 18.6 Å². The molecule has 1 aliphatic heterocycles. The van der Waals surface area contributed by atoms with Crippen molar-refractivity contribution in [3.8, 4) is 5.69 Å². The summed E-state index contributed by atoms with van der Waals surface area (Å²) in [6.07, 6.45) is 6.86. The van der Waals surface area contributed by atoms with Crippen LogP contribution in [0.2, 0.25) is 5.02 Å². The second kappa shape index (κ2) is 7.99. The summed E-state index contributed by atoms with van der Waals surface area (Å²) in [6.45, 7) is 0.784. The van der Waals surface area contributed by atoms with Gasteiger partial charge in [-0.25, -0.2) is 14.5 Å². The number of H-pyrrole nitrogens is 1. The third kappa shape index (κ3) is 3.08. The topological polar surface area (TPSA) is 84.1 Å². The van der Waals surface area contributed by atoms with Crippen LogP contribution in [0.15, 0.2) is 66.0 Å². The summed E-state index contributed by atoms with van der Waals surface area (Å²) in [5.41, 5.74) is 1.92. The second-order valence-electron chi connectivity index (χ2n) is 7.58. The molecule has 1 N–H and O–H groups in total. The first-order valence-corrected chi connectivity index (χ1v) is 10.5. The third-order valence-electron chi connectivity index (χ3n) is 5.83. The standard InChI is InChI=1S/C22H18ClN7O.H2S/c23-15-12-24-19-18(15)21(26-13-25-19)28-10-4-8-16(28)20-27-29-11-5-9-17(29)22(31)30(20)14-6-2-1-3-7-14;/h1-3,5-7,9,11-13,16H,4,8,10H2,(H,24,25,26);1H2/t16-;/m0./s1. The number of hydrogen-bond acceptors (Lipinski definition) is 5. The molecule has 4 aromatic heterocycles. The van der Waals surface area contributed by atoms with Crippen molar-refractivity contribution in [3.63, 3.8) is 0 Å².